The summed E-state index contributed by atoms with van der Waals surface area (Å²) in [5.41, 5.74) is 0. The lowest BCUT2D eigenvalue weighted by atomic mass is 9.94. The van der Waals surface area contributed by atoms with Gasteiger partial charge in [-0.3, -0.25) is 0 Å². The molecule has 0 aromatic carbocycles. The highest BCUT2D eigenvalue weighted by molar-refractivity contribution is 7.89. The molecule has 1 heterocycles. The van der Waals surface area contributed by atoms with E-state index in [0.717, 1.165) is 38.8 Å². The summed E-state index contributed by atoms with van der Waals surface area (Å²) in [5, 5.41) is 3.34. The van der Waals surface area contributed by atoms with Crippen molar-refractivity contribution >= 4 is 10.0 Å². The second-order valence-corrected chi connectivity index (χ2v) is 8.68. The number of sulfonamides is 1. The molecule has 118 valence electrons. The number of unbranched alkanes of at least 4 members (excludes halogenated alkanes) is 1. The Bertz CT molecular complexity index is 395. The van der Waals surface area contributed by atoms with Crippen LogP contribution in [0.3, 0.4) is 0 Å². The lowest BCUT2D eigenvalue weighted by Gasteiger charge is -2.36. The van der Waals surface area contributed by atoms with Gasteiger partial charge in [-0.05, 0) is 51.0 Å². The minimum atomic E-state index is -3.03. The van der Waals surface area contributed by atoms with Crippen LogP contribution in [-0.2, 0) is 10.0 Å². The van der Waals surface area contributed by atoms with Crippen LogP contribution in [0.15, 0.2) is 0 Å². The van der Waals surface area contributed by atoms with E-state index in [-0.39, 0.29) is 0 Å². The minimum absolute atomic E-state index is 0.322. The van der Waals surface area contributed by atoms with E-state index in [2.05, 4.69) is 19.2 Å². The van der Waals surface area contributed by atoms with E-state index in [1.54, 1.807) is 0 Å². The fourth-order valence-corrected chi connectivity index (χ4v) is 5.57. The minimum Gasteiger partial charge on any atom is -0.315 e. The van der Waals surface area contributed by atoms with Gasteiger partial charge in [0.25, 0.3) is 0 Å². The highest BCUT2D eigenvalue weighted by atomic mass is 32.2. The van der Waals surface area contributed by atoms with Gasteiger partial charge in [0, 0.05) is 18.6 Å². The first-order valence-electron chi connectivity index (χ1n) is 8.23. The van der Waals surface area contributed by atoms with Gasteiger partial charge in [-0.1, -0.05) is 20.3 Å². The van der Waals surface area contributed by atoms with Gasteiger partial charge in [-0.15, -0.1) is 0 Å². The molecule has 0 aromatic heterocycles. The molecule has 2 unspecified atom stereocenters. The fourth-order valence-electron chi connectivity index (χ4n) is 3.67. The average Bonchev–Trinajstić information content (AvgIpc) is 2.85. The van der Waals surface area contributed by atoms with Gasteiger partial charge >= 0.3 is 0 Å². The molecule has 0 amide bonds. The molecule has 2 fully saturated rings. The third-order valence-corrected chi connectivity index (χ3v) is 6.65. The zero-order valence-corrected chi connectivity index (χ0v) is 13.8. The van der Waals surface area contributed by atoms with Crippen molar-refractivity contribution in [3.05, 3.63) is 0 Å². The van der Waals surface area contributed by atoms with Crippen LogP contribution in [-0.4, -0.2) is 43.6 Å². The molecule has 2 aliphatic rings. The van der Waals surface area contributed by atoms with Crippen LogP contribution >= 0.6 is 0 Å². The Morgan fingerprint density at radius 3 is 2.65 bits per heavy atom. The Labute approximate surface area is 124 Å². The number of nitrogens with one attached hydrogen (secondary N) is 1. The molecular formula is C15H30N2O2S. The van der Waals surface area contributed by atoms with E-state index in [1.807, 2.05) is 4.31 Å². The SMILES string of the molecule is CC(C)NCCCCS(=O)(=O)N1CCCC2CCCC21. The number of rotatable bonds is 7. The molecule has 0 radical (unpaired) electrons. The molecule has 1 aliphatic heterocycles. The average molecular weight is 302 g/mol. The normalized spacial score (nSPS) is 27.9. The summed E-state index contributed by atoms with van der Waals surface area (Å²) in [5.74, 6) is 0.969. The molecule has 0 aromatic rings. The van der Waals surface area contributed by atoms with Crippen LogP contribution in [0.2, 0.25) is 0 Å². The van der Waals surface area contributed by atoms with Crippen LogP contribution in [0.1, 0.15) is 58.8 Å². The van der Waals surface area contributed by atoms with E-state index in [1.165, 1.54) is 19.3 Å². The van der Waals surface area contributed by atoms with Crippen LogP contribution in [0.5, 0.6) is 0 Å². The van der Waals surface area contributed by atoms with E-state index in [0.29, 0.717) is 23.8 Å². The Balaban J connectivity index is 1.80. The first-order valence-corrected chi connectivity index (χ1v) is 9.84. The number of hydrogen-bond donors (Lipinski definition) is 1. The molecule has 2 atom stereocenters. The molecule has 1 aliphatic carbocycles. The van der Waals surface area contributed by atoms with Crippen molar-refractivity contribution in [1.29, 1.82) is 0 Å². The summed E-state index contributed by atoms with van der Waals surface area (Å²) in [4.78, 5) is 0. The van der Waals surface area contributed by atoms with Crippen LogP contribution in [0.25, 0.3) is 0 Å². The van der Waals surface area contributed by atoms with Crippen molar-refractivity contribution in [1.82, 2.24) is 9.62 Å². The Morgan fingerprint density at radius 2 is 1.90 bits per heavy atom. The molecule has 0 spiro atoms. The maximum atomic E-state index is 12.5. The third-order valence-electron chi connectivity index (χ3n) is 4.68. The first-order chi connectivity index (χ1) is 9.50. The monoisotopic (exact) mass is 302 g/mol. The van der Waals surface area contributed by atoms with Gasteiger partial charge in [0.15, 0.2) is 0 Å². The summed E-state index contributed by atoms with van der Waals surface area (Å²) in [6, 6.07) is 0.801. The zero-order valence-electron chi connectivity index (χ0n) is 13.0. The predicted molar refractivity (Wildman–Crippen MR) is 83.2 cm³/mol. The highest BCUT2D eigenvalue weighted by Gasteiger charge is 2.40. The maximum Gasteiger partial charge on any atom is 0.214 e. The lowest BCUT2D eigenvalue weighted by Crippen LogP contribution is -2.47. The number of fused-ring (bicyclic) bond motifs is 1. The van der Waals surface area contributed by atoms with Gasteiger partial charge in [-0.25, -0.2) is 8.42 Å². The molecular weight excluding hydrogens is 272 g/mol. The van der Waals surface area contributed by atoms with Crippen LogP contribution < -0.4 is 5.32 Å². The van der Waals surface area contributed by atoms with Crippen LogP contribution in [0, 0.1) is 5.92 Å². The second-order valence-electron chi connectivity index (χ2n) is 6.64. The maximum absolute atomic E-state index is 12.5. The molecule has 1 saturated heterocycles. The number of nitrogens with zero attached hydrogens (tertiary/aromatic N) is 1. The van der Waals surface area contributed by atoms with Crippen molar-refractivity contribution in [2.24, 2.45) is 5.92 Å². The molecule has 4 nitrogen and oxygen atoms in total. The summed E-state index contributed by atoms with van der Waals surface area (Å²) in [6.07, 6.45) is 7.52. The standard InChI is InChI=1S/C15H30N2O2S/c1-13(2)16-10-3-4-12-20(18,19)17-11-6-8-14-7-5-9-15(14)17/h13-16H,3-12H2,1-2H3. The Morgan fingerprint density at radius 1 is 1.15 bits per heavy atom. The van der Waals surface area contributed by atoms with Gasteiger partial charge in [0.1, 0.15) is 0 Å². The number of hydrogen-bond acceptors (Lipinski definition) is 3. The van der Waals surface area contributed by atoms with Gasteiger partial charge < -0.3 is 5.32 Å². The first kappa shape index (κ1) is 16.2. The fraction of sp³-hybridized carbons (Fsp3) is 1.00. The van der Waals surface area contributed by atoms with Gasteiger partial charge in [-0.2, -0.15) is 4.31 Å². The number of piperidine rings is 1. The largest absolute Gasteiger partial charge is 0.315 e. The summed E-state index contributed by atoms with van der Waals surface area (Å²) in [6.45, 7) is 5.91. The lowest BCUT2D eigenvalue weighted by molar-refractivity contribution is 0.202. The predicted octanol–water partition coefficient (Wildman–Crippen LogP) is 2.36. The van der Waals surface area contributed by atoms with Crippen molar-refractivity contribution in [2.45, 2.75) is 70.9 Å². The van der Waals surface area contributed by atoms with E-state index >= 15 is 0 Å². The molecule has 1 N–H and O–H groups in total. The van der Waals surface area contributed by atoms with Gasteiger partial charge in [0.05, 0.1) is 5.75 Å². The molecule has 0 bridgehead atoms. The zero-order chi connectivity index (χ0) is 14.6. The molecule has 20 heavy (non-hydrogen) atoms. The summed E-state index contributed by atoms with van der Waals surface area (Å²) in [7, 11) is -3.03. The van der Waals surface area contributed by atoms with Gasteiger partial charge in [0.2, 0.25) is 10.0 Å². The van der Waals surface area contributed by atoms with Crippen molar-refractivity contribution in [3.8, 4) is 0 Å². The molecule has 2 rings (SSSR count). The smallest absolute Gasteiger partial charge is 0.214 e. The van der Waals surface area contributed by atoms with E-state index in [4.69, 9.17) is 0 Å². The van der Waals surface area contributed by atoms with E-state index < -0.39 is 10.0 Å². The van der Waals surface area contributed by atoms with Crippen molar-refractivity contribution < 1.29 is 8.42 Å². The highest BCUT2D eigenvalue weighted by Crippen LogP contribution is 2.38. The topological polar surface area (TPSA) is 49.4 Å². The van der Waals surface area contributed by atoms with Crippen molar-refractivity contribution in [2.75, 3.05) is 18.8 Å². The summed E-state index contributed by atoms with van der Waals surface area (Å²) < 4.78 is 26.9. The molecule has 5 heteroatoms. The van der Waals surface area contributed by atoms with Crippen LogP contribution in [0.4, 0.5) is 0 Å². The Kier molecular flexibility index (Phi) is 5.87. The second kappa shape index (κ2) is 7.23. The summed E-state index contributed by atoms with van der Waals surface area (Å²) >= 11 is 0. The Hall–Kier alpha value is -0.130. The quantitative estimate of drug-likeness (QED) is 0.735. The third kappa shape index (κ3) is 4.18. The molecule has 1 saturated carbocycles. The van der Waals surface area contributed by atoms with Crippen molar-refractivity contribution in [3.63, 3.8) is 0 Å². The van der Waals surface area contributed by atoms with E-state index in [9.17, 15) is 8.42 Å².